The maximum absolute atomic E-state index is 12.7. The molecule has 1 saturated heterocycles. The third kappa shape index (κ3) is 5.47. The molecule has 146 valence electrons. The van der Waals surface area contributed by atoms with E-state index in [0.29, 0.717) is 19.6 Å². The van der Waals surface area contributed by atoms with E-state index in [-0.39, 0.29) is 18.2 Å². The van der Waals surface area contributed by atoms with Crippen LogP contribution < -0.4 is 5.32 Å². The highest BCUT2D eigenvalue weighted by molar-refractivity contribution is 5.88. The molecule has 1 aromatic carbocycles. The first-order valence-corrected chi connectivity index (χ1v) is 9.35. The van der Waals surface area contributed by atoms with Gasteiger partial charge in [0.05, 0.1) is 24.7 Å². The molecule has 1 fully saturated rings. The summed E-state index contributed by atoms with van der Waals surface area (Å²) in [6.07, 6.45) is 7.33. The van der Waals surface area contributed by atoms with Gasteiger partial charge in [-0.3, -0.25) is 14.5 Å². The first kappa shape index (κ1) is 19.7. The summed E-state index contributed by atoms with van der Waals surface area (Å²) in [5.41, 5.74) is 1.88. The lowest BCUT2D eigenvalue weighted by molar-refractivity contribution is -0.138. The van der Waals surface area contributed by atoms with Gasteiger partial charge in [-0.1, -0.05) is 42.5 Å². The van der Waals surface area contributed by atoms with E-state index in [0.717, 1.165) is 17.8 Å². The molecule has 7 nitrogen and oxygen atoms in total. The number of nitrogens with zero attached hydrogens (tertiary/aromatic N) is 4. The Hall–Kier alpha value is -3.06. The second kappa shape index (κ2) is 9.75. The molecule has 0 radical (unpaired) electrons. The summed E-state index contributed by atoms with van der Waals surface area (Å²) in [6, 6.07) is 11.3. The lowest BCUT2D eigenvalue weighted by atomic mass is 10.1. The topological polar surface area (TPSA) is 78.4 Å². The van der Waals surface area contributed by atoms with Crippen molar-refractivity contribution in [3.05, 3.63) is 66.3 Å². The highest BCUT2D eigenvalue weighted by Crippen LogP contribution is 2.12. The van der Waals surface area contributed by atoms with Gasteiger partial charge in [0, 0.05) is 32.9 Å². The van der Waals surface area contributed by atoms with Crippen molar-refractivity contribution in [1.29, 1.82) is 0 Å². The van der Waals surface area contributed by atoms with Crippen LogP contribution in [0.25, 0.3) is 6.08 Å². The molecule has 1 aromatic heterocycles. The highest BCUT2D eigenvalue weighted by atomic mass is 16.2. The molecule has 1 atom stereocenters. The van der Waals surface area contributed by atoms with Crippen LogP contribution in [0.4, 0.5) is 0 Å². The van der Waals surface area contributed by atoms with Crippen LogP contribution in [0, 0.1) is 0 Å². The van der Waals surface area contributed by atoms with Crippen LogP contribution in [0.2, 0.25) is 0 Å². The average molecular weight is 379 g/mol. The Balaban J connectivity index is 1.59. The Labute approximate surface area is 165 Å². The number of benzene rings is 1. The molecular weight excluding hydrogens is 354 g/mol. The van der Waals surface area contributed by atoms with E-state index >= 15 is 0 Å². The predicted molar refractivity (Wildman–Crippen MR) is 107 cm³/mol. The smallest absolute Gasteiger partial charge is 0.237 e. The number of piperazine rings is 1. The van der Waals surface area contributed by atoms with E-state index in [1.807, 2.05) is 42.5 Å². The Bertz CT molecular complexity index is 810. The van der Waals surface area contributed by atoms with E-state index in [2.05, 4.69) is 20.2 Å². The van der Waals surface area contributed by atoms with Gasteiger partial charge in [-0.15, -0.1) is 0 Å². The predicted octanol–water partition coefficient (Wildman–Crippen LogP) is 1.34. The monoisotopic (exact) mass is 379 g/mol. The maximum Gasteiger partial charge on any atom is 0.237 e. The molecule has 1 aliphatic rings. The van der Waals surface area contributed by atoms with Crippen LogP contribution in [0.1, 0.15) is 17.7 Å². The van der Waals surface area contributed by atoms with Crippen LogP contribution in [-0.2, 0) is 16.1 Å². The van der Waals surface area contributed by atoms with Crippen LogP contribution in [0.15, 0.2) is 55.0 Å². The molecule has 2 heterocycles. The summed E-state index contributed by atoms with van der Waals surface area (Å²) in [6.45, 7) is 2.33. The zero-order valence-corrected chi connectivity index (χ0v) is 16.0. The molecule has 1 unspecified atom stereocenters. The number of nitrogens with one attached hydrogen (secondary N) is 1. The van der Waals surface area contributed by atoms with Gasteiger partial charge >= 0.3 is 0 Å². The molecule has 1 N–H and O–H groups in total. The number of carbonyl (C=O) groups is 2. The molecule has 0 spiro atoms. The van der Waals surface area contributed by atoms with Crippen molar-refractivity contribution in [2.45, 2.75) is 19.0 Å². The van der Waals surface area contributed by atoms with Crippen molar-refractivity contribution in [3.63, 3.8) is 0 Å². The van der Waals surface area contributed by atoms with Crippen molar-refractivity contribution in [2.24, 2.45) is 0 Å². The fourth-order valence-electron chi connectivity index (χ4n) is 3.15. The summed E-state index contributed by atoms with van der Waals surface area (Å²) < 4.78 is 0. The molecular formula is C21H25N5O2. The number of amides is 2. The number of carbonyl (C=O) groups excluding carboxylic acids is 2. The van der Waals surface area contributed by atoms with Crippen molar-refractivity contribution in [2.75, 3.05) is 26.7 Å². The van der Waals surface area contributed by atoms with E-state index in [1.165, 1.54) is 6.33 Å². The Morgan fingerprint density at radius 1 is 1.32 bits per heavy atom. The Kier molecular flexibility index (Phi) is 6.86. The van der Waals surface area contributed by atoms with Crippen LogP contribution >= 0.6 is 0 Å². The van der Waals surface area contributed by atoms with Crippen molar-refractivity contribution >= 4 is 17.9 Å². The molecule has 0 aliphatic carbocycles. The van der Waals surface area contributed by atoms with Gasteiger partial charge in [0.25, 0.3) is 0 Å². The first-order chi connectivity index (χ1) is 13.6. The fourth-order valence-corrected chi connectivity index (χ4v) is 3.15. The highest BCUT2D eigenvalue weighted by Gasteiger charge is 2.31. The largest absolute Gasteiger partial charge is 0.353 e. The van der Waals surface area contributed by atoms with E-state index in [9.17, 15) is 9.59 Å². The molecule has 7 heteroatoms. The molecule has 1 aliphatic heterocycles. The van der Waals surface area contributed by atoms with Gasteiger partial charge in [-0.05, 0) is 11.6 Å². The summed E-state index contributed by atoms with van der Waals surface area (Å²) >= 11 is 0. The molecule has 0 bridgehead atoms. The van der Waals surface area contributed by atoms with Crippen molar-refractivity contribution in [1.82, 2.24) is 25.1 Å². The Morgan fingerprint density at radius 3 is 2.89 bits per heavy atom. The molecule has 28 heavy (non-hydrogen) atoms. The third-order valence-electron chi connectivity index (χ3n) is 4.73. The SMILES string of the molecule is CN(Cc1ccncn1)C(=O)CC1C(=O)NCCN1C/C=C/c1ccccc1. The lowest BCUT2D eigenvalue weighted by Crippen LogP contribution is -2.56. The van der Waals surface area contributed by atoms with Crippen LogP contribution in [0.5, 0.6) is 0 Å². The van der Waals surface area contributed by atoms with Gasteiger partial charge in [-0.25, -0.2) is 9.97 Å². The van der Waals surface area contributed by atoms with Crippen LogP contribution in [0.3, 0.4) is 0 Å². The summed E-state index contributed by atoms with van der Waals surface area (Å²) in [7, 11) is 1.73. The second-order valence-electron chi connectivity index (χ2n) is 6.77. The third-order valence-corrected chi connectivity index (χ3v) is 4.73. The first-order valence-electron chi connectivity index (χ1n) is 9.35. The average Bonchev–Trinajstić information content (AvgIpc) is 2.72. The number of rotatable bonds is 7. The number of hydrogen-bond donors (Lipinski definition) is 1. The Morgan fingerprint density at radius 2 is 2.14 bits per heavy atom. The molecule has 3 rings (SSSR count). The van der Waals surface area contributed by atoms with E-state index in [4.69, 9.17) is 0 Å². The number of hydrogen-bond acceptors (Lipinski definition) is 5. The normalized spacial score (nSPS) is 17.5. The van der Waals surface area contributed by atoms with Gasteiger partial charge in [0.1, 0.15) is 6.33 Å². The minimum Gasteiger partial charge on any atom is -0.353 e. The molecule has 2 aromatic rings. The minimum absolute atomic E-state index is 0.0855. The zero-order valence-electron chi connectivity index (χ0n) is 16.0. The van der Waals surface area contributed by atoms with Gasteiger partial charge < -0.3 is 10.2 Å². The van der Waals surface area contributed by atoms with Gasteiger partial charge in [-0.2, -0.15) is 0 Å². The van der Waals surface area contributed by atoms with Gasteiger partial charge in [0.15, 0.2) is 0 Å². The van der Waals surface area contributed by atoms with Crippen molar-refractivity contribution < 1.29 is 9.59 Å². The van der Waals surface area contributed by atoms with Crippen molar-refractivity contribution in [3.8, 4) is 0 Å². The summed E-state index contributed by atoms with van der Waals surface area (Å²) in [5, 5.41) is 2.87. The van der Waals surface area contributed by atoms with E-state index < -0.39 is 6.04 Å². The summed E-state index contributed by atoms with van der Waals surface area (Å²) in [5.74, 6) is -0.180. The standard InChI is InChI=1S/C21H25N5O2/c1-25(15-18-9-10-22-16-24-18)20(27)14-19-21(28)23-11-13-26(19)12-5-8-17-6-3-2-4-7-17/h2-10,16,19H,11-15H2,1H3,(H,23,28)/b8-5+. The van der Waals surface area contributed by atoms with Gasteiger partial charge in [0.2, 0.25) is 11.8 Å². The number of aromatic nitrogens is 2. The minimum atomic E-state index is -0.463. The summed E-state index contributed by atoms with van der Waals surface area (Å²) in [4.78, 5) is 36.7. The van der Waals surface area contributed by atoms with E-state index in [1.54, 1.807) is 24.2 Å². The maximum atomic E-state index is 12.7. The second-order valence-corrected chi connectivity index (χ2v) is 6.77. The lowest BCUT2D eigenvalue weighted by Gasteiger charge is -2.34. The molecule has 0 saturated carbocycles. The zero-order chi connectivity index (χ0) is 19.8. The molecule has 2 amide bonds. The quantitative estimate of drug-likeness (QED) is 0.785. The fraction of sp³-hybridized carbons (Fsp3) is 0.333. The van der Waals surface area contributed by atoms with Crippen LogP contribution in [-0.4, -0.2) is 64.3 Å².